The summed E-state index contributed by atoms with van der Waals surface area (Å²) in [5, 5.41) is 10.3. The van der Waals surface area contributed by atoms with Crippen LogP contribution in [0.15, 0.2) is 18.2 Å². The molecule has 0 fully saturated rings. The van der Waals surface area contributed by atoms with Crippen LogP contribution in [0.5, 0.6) is 5.75 Å². The van der Waals surface area contributed by atoms with Crippen LogP contribution in [0.1, 0.15) is 104 Å². The van der Waals surface area contributed by atoms with E-state index in [1.165, 1.54) is 56.9 Å². The van der Waals surface area contributed by atoms with E-state index in [0.717, 1.165) is 24.3 Å². The maximum atomic E-state index is 10.3. The lowest BCUT2D eigenvalue weighted by Gasteiger charge is -2.27. The van der Waals surface area contributed by atoms with E-state index >= 15 is 0 Å². The lowest BCUT2D eigenvalue weighted by molar-refractivity contribution is 0.407. The Balaban J connectivity index is 2.53. The van der Waals surface area contributed by atoms with Gasteiger partial charge in [0.15, 0.2) is 0 Å². The van der Waals surface area contributed by atoms with Gasteiger partial charge in [-0.2, -0.15) is 0 Å². The molecule has 0 amide bonds. The molecule has 0 aliphatic heterocycles. The van der Waals surface area contributed by atoms with Crippen molar-refractivity contribution in [3.63, 3.8) is 0 Å². The summed E-state index contributed by atoms with van der Waals surface area (Å²) >= 11 is 0. The number of rotatable bonds is 12. The van der Waals surface area contributed by atoms with Gasteiger partial charge in [0.25, 0.3) is 0 Å². The molecule has 0 unspecified atom stereocenters. The average molecular weight is 333 g/mol. The van der Waals surface area contributed by atoms with E-state index in [2.05, 4.69) is 46.8 Å². The van der Waals surface area contributed by atoms with Crippen LogP contribution in [0.3, 0.4) is 0 Å². The highest BCUT2D eigenvalue weighted by molar-refractivity contribution is 5.41. The Morgan fingerprint density at radius 1 is 0.958 bits per heavy atom. The van der Waals surface area contributed by atoms with Crippen LogP contribution in [0.25, 0.3) is 0 Å². The van der Waals surface area contributed by atoms with Gasteiger partial charge in [-0.25, -0.2) is 0 Å². The molecule has 0 atom stereocenters. The summed E-state index contributed by atoms with van der Waals surface area (Å²) in [7, 11) is 0. The third-order valence-corrected chi connectivity index (χ3v) is 5.19. The fourth-order valence-electron chi connectivity index (χ4n) is 3.47. The second-order valence-electron chi connectivity index (χ2n) is 8.54. The summed E-state index contributed by atoms with van der Waals surface area (Å²) in [5.74, 6) is 1.30. The van der Waals surface area contributed by atoms with Crippen molar-refractivity contribution < 1.29 is 5.11 Å². The normalized spacial score (nSPS) is 12.1. The maximum Gasteiger partial charge on any atom is 0.119 e. The van der Waals surface area contributed by atoms with Gasteiger partial charge in [0, 0.05) is 0 Å². The zero-order valence-corrected chi connectivity index (χ0v) is 16.8. The fourth-order valence-corrected chi connectivity index (χ4v) is 3.47. The van der Waals surface area contributed by atoms with Crippen LogP contribution in [-0.2, 0) is 11.8 Å². The van der Waals surface area contributed by atoms with Crippen molar-refractivity contribution in [1.29, 1.82) is 0 Å². The molecule has 1 nitrogen and oxygen atoms in total. The zero-order valence-electron chi connectivity index (χ0n) is 16.8. The van der Waals surface area contributed by atoms with Crippen molar-refractivity contribution in [3.8, 4) is 5.75 Å². The molecule has 1 N–H and O–H groups in total. The van der Waals surface area contributed by atoms with E-state index in [-0.39, 0.29) is 5.41 Å². The Hall–Kier alpha value is -0.980. The van der Waals surface area contributed by atoms with Gasteiger partial charge in [-0.1, -0.05) is 91.7 Å². The molecular weight excluding hydrogens is 292 g/mol. The first-order valence-electron chi connectivity index (χ1n) is 10.2. The number of phenols is 1. The first-order valence-corrected chi connectivity index (χ1v) is 10.2. The molecule has 0 saturated carbocycles. The first kappa shape index (κ1) is 21.1. The van der Waals surface area contributed by atoms with E-state index in [1.54, 1.807) is 0 Å². The summed E-state index contributed by atoms with van der Waals surface area (Å²) in [6.45, 7) is 11.4. The van der Waals surface area contributed by atoms with E-state index in [4.69, 9.17) is 0 Å². The predicted octanol–water partition coefficient (Wildman–Crippen LogP) is 7.40. The summed E-state index contributed by atoms with van der Waals surface area (Å²) in [6.07, 6.45) is 12.7. The summed E-state index contributed by atoms with van der Waals surface area (Å²) in [5.41, 5.74) is 2.58. The smallest absolute Gasteiger partial charge is 0.119 e. The Labute approximate surface area is 150 Å². The van der Waals surface area contributed by atoms with Gasteiger partial charge in [0.05, 0.1) is 0 Å². The molecule has 0 aliphatic rings. The molecule has 24 heavy (non-hydrogen) atoms. The summed E-state index contributed by atoms with van der Waals surface area (Å²) in [4.78, 5) is 0. The van der Waals surface area contributed by atoms with Gasteiger partial charge < -0.3 is 5.11 Å². The molecule has 1 aromatic rings. The second kappa shape index (κ2) is 10.8. The van der Waals surface area contributed by atoms with Crippen LogP contribution < -0.4 is 0 Å². The van der Waals surface area contributed by atoms with Crippen molar-refractivity contribution in [2.24, 2.45) is 5.92 Å². The number of hydrogen-bond donors (Lipinski definition) is 1. The fraction of sp³-hybridized carbons (Fsp3) is 0.739. The van der Waals surface area contributed by atoms with Crippen molar-refractivity contribution in [1.82, 2.24) is 0 Å². The Morgan fingerprint density at radius 2 is 1.67 bits per heavy atom. The highest BCUT2D eigenvalue weighted by Gasteiger charge is 2.23. The summed E-state index contributed by atoms with van der Waals surface area (Å²) in [6, 6.07) is 6.27. The molecule has 0 aromatic heterocycles. The number of aryl methyl sites for hydroxylation is 1. The topological polar surface area (TPSA) is 20.2 Å². The van der Waals surface area contributed by atoms with Crippen LogP contribution in [0.4, 0.5) is 0 Å². The van der Waals surface area contributed by atoms with E-state index < -0.39 is 0 Å². The van der Waals surface area contributed by atoms with Crippen LogP contribution >= 0.6 is 0 Å². The standard InChI is InChI=1S/C23H40O/c1-6-7-12-17-23(4,5)21-18-20(15-16-22(21)24)14-11-9-8-10-13-19(2)3/h15-16,18-19,24H,6-14,17H2,1-5H3. The lowest BCUT2D eigenvalue weighted by Crippen LogP contribution is -2.17. The van der Waals surface area contributed by atoms with Crippen LogP contribution in [-0.4, -0.2) is 5.11 Å². The lowest BCUT2D eigenvalue weighted by atomic mass is 9.78. The Kier molecular flexibility index (Phi) is 9.48. The van der Waals surface area contributed by atoms with Gasteiger partial charge in [0.1, 0.15) is 5.75 Å². The Morgan fingerprint density at radius 3 is 2.33 bits per heavy atom. The highest BCUT2D eigenvalue weighted by Crippen LogP contribution is 2.36. The quantitative estimate of drug-likeness (QED) is 0.395. The molecule has 1 aromatic carbocycles. The highest BCUT2D eigenvalue weighted by atomic mass is 16.3. The number of aromatic hydroxyl groups is 1. The third kappa shape index (κ3) is 7.73. The zero-order chi connectivity index (χ0) is 18.0. The van der Waals surface area contributed by atoms with Gasteiger partial charge in [-0.3, -0.25) is 0 Å². The molecule has 0 saturated heterocycles. The van der Waals surface area contributed by atoms with E-state index in [0.29, 0.717) is 5.75 Å². The molecule has 0 aliphatic carbocycles. The van der Waals surface area contributed by atoms with Gasteiger partial charge >= 0.3 is 0 Å². The molecule has 0 spiro atoms. The molecule has 0 radical (unpaired) electrons. The number of hydrogen-bond acceptors (Lipinski definition) is 1. The van der Waals surface area contributed by atoms with E-state index in [1.807, 2.05) is 6.07 Å². The maximum absolute atomic E-state index is 10.3. The van der Waals surface area contributed by atoms with Crippen molar-refractivity contribution in [2.75, 3.05) is 0 Å². The minimum atomic E-state index is 0.0620. The minimum absolute atomic E-state index is 0.0620. The van der Waals surface area contributed by atoms with Gasteiger partial charge in [-0.15, -0.1) is 0 Å². The molecule has 1 rings (SSSR count). The third-order valence-electron chi connectivity index (χ3n) is 5.19. The first-order chi connectivity index (χ1) is 11.4. The van der Waals surface area contributed by atoms with Crippen LogP contribution in [0.2, 0.25) is 0 Å². The Bertz CT molecular complexity index is 459. The van der Waals surface area contributed by atoms with Gasteiger partial charge in [-0.05, 0) is 47.8 Å². The van der Waals surface area contributed by atoms with Crippen molar-refractivity contribution in [3.05, 3.63) is 29.3 Å². The molecule has 0 bridgehead atoms. The largest absolute Gasteiger partial charge is 0.508 e. The number of phenolic OH excluding ortho intramolecular Hbond substituents is 1. The molecule has 0 heterocycles. The minimum Gasteiger partial charge on any atom is -0.508 e. The number of benzene rings is 1. The van der Waals surface area contributed by atoms with Crippen molar-refractivity contribution >= 4 is 0 Å². The molecular formula is C23H40O. The average Bonchev–Trinajstić information content (AvgIpc) is 2.52. The van der Waals surface area contributed by atoms with E-state index in [9.17, 15) is 5.11 Å². The molecule has 1 heteroatoms. The van der Waals surface area contributed by atoms with Crippen LogP contribution in [0, 0.1) is 5.92 Å². The SMILES string of the molecule is CCCCCC(C)(C)c1cc(CCCCCCC(C)C)ccc1O. The van der Waals surface area contributed by atoms with Gasteiger partial charge in [0.2, 0.25) is 0 Å². The monoisotopic (exact) mass is 332 g/mol. The van der Waals surface area contributed by atoms with Crippen molar-refractivity contribution in [2.45, 2.75) is 104 Å². The second-order valence-corrected chi connectivity index (χ2v) is 8.54. The molecule has 138 valence electrons. The predicted molar refractivity (Wildman–Crippen MR) is 107 cm³/mol. The number of unbranched alkanes of at least 4 members (excludes halogenated alkanes) is 5. The summed E-state index contributed by atoms with van der Waals surface area (Å²) < 4.78 is 0.